The van der Waals surface area contributed by atoms with Gasteiger partial charge in [0, 0.05) is 25.2 Å². The molecule has 0 amide bonds. The molecule has 0 aliphatic rings. The predicted octanol–water partition coefficient (Wildman–Crippen LogP) is 9.61. The summed E-state index contributed by atoms with van der Waals surface area (Å²) in [5.41, 5.74) is 9.42. The minimum atomic E-state index is 0.629. The number of hydrogen-bond donors (Lipinski definition) is 0. The molecule has 5 rings (SSSR count). The topological polar surface area (TPSA) is 37.1 Å². The van der Waals surface area contributed by atoms with Crippen molar-refractivity contribution >= 4 is 45.8 Å². The molecule has 3 heteroatoms. The highest BCUT2D eigenvalue weighted by Crippen LogP contribution is 2.43. The molecule has 0 fully saturated rings. The average molecular weight is 520 g/mol. The lowest BCUT2D eigenvalue weighted by atomic mass is 9.85. The third-order valence-corrected chi connectivity index (χ3v) is 7.21. The van der Waals surface area contributed by atoms with Gasteiger partial charge in [0.15, 0.2) is 0 Å². The van der Waals surface area contributed by atoms with Crippen LogP contribution in [0.25, 0.3) is 49.4 Å². The molecule has 0 N–H and O–H groups in total. The summed E-state index contributed by atoms with van der Waals surface area (Å²) in [6, 6.07) is 35.2. The Morgan fingerprint density at radius 1 is 0.700 bits per heavy atom. The first kappa shape index (κ1) is 26.7. The van der Waals surface area contributed by atoms with Crippen molar-refractivity contribution in [2.24, 2.45) is 15.0 Å². The van der Waals surface area contributed by atoms with Crippen LogP contribution >= 0.6 is 0 Å². The van der Waals surface area contributed by atoms with Gasteiger partial charge in [-0.05, 0) is 93.2 Å². The van der Waals surface area contributed by atoms with Crippen molar-refractivity contribution in [3.8, 4) is 22.3 Å². The lowest BCUT2D eigenvalue weighted by molar-refractivity contribution is 1.07. The van der Waals surface area contributed by atoms with Crippen LogP contribution in [0, 0.1) is 0 Å². The smallest absolute Gasteiger partial charge is 0.0642 e. The molecule has 0 aliphatic carbocycles. The van der Waals surface area contributed by atoms with Crippen LogP contribution in [0.4, 0.5) is 0 Å². The zero-order chi connectivity index (χ0) is 27.9. The molecule has 5 aromatic carbocycles. The number of allylic oxidation sites excluding steroid dienone is 3. The van der Waals surface area contributed by atoms with Crippen molar-refractivity contribution in [3.05, 3.63) is 127 Å². The van der Waals surface area contributed by atoms with Crippen LogP contribution in [-0.4, -0.2) is 25.7 Å². The van der Waals surface area contributed by atoms with Crippen molar-refractivity contribution in [2.45, 2.75) is 20.4 Å². The van der Waals surface area contributed by atoms with E-state index >= 15 is 0 Å². The van der Waals surface area contributed by atoms with Crippen LogP contribution in [0.3, 0.4) is 0 Å². The second-order valence-corrected chi connectivity index (χ2v) is 9.83. The standard InChI is InChI=1S/C37H33N3/c1-26(21-23-38-3)29-17-19-31(20-18-29)37-34-11-7-5-9-32(34)36(33-10-6-8-12-35(33)37)30-15-13-28(14-16-30)25-40-27(2)22-24-39-4/h5-24H,4,25H2,1-3H3/b24-22-,26-21-,38-23?,40-27?. The molecule has 5 aromatic rings. The van der Waals surface area contributed by atoms with Crippen molar-refractivity contribution < 1.29 is 0 Å². The van der Waals surface area contributed by atoms with Crippen molar-refractivity contribution in [2.75, 3.05) is 7.05 Å². The van der Waals surface area contributed by atoms with Crippen molar-refractivity contribution in [3.63, 3.8) is 0 Å². The van der Waals surface area contributed by atoms with Gasteiger partial charge in [0.1, 0.15) is 0 Å². The number of hydrogen-bond acceptors (Lipinski definition) is 3. The molecule has 0 unspecified atom stereocenters. The SMILES string of the molecule is C=N/C=C\C(C)=NCc1ccc(-c2c3ccccc3c(-c3ccc(/C(C)=C\C=NC)cc3)c3ccccc23)cc1. The molecule has 0 radical (unpaired) electrons. The van der Waals surface area contributed by atoms with E-state index in [0.717, 1.165) is 5.71 Å². The third-order valence-electron chi connectivity index (χ3n) is 7.21. The van der Waals surface area contributed by atoms with Gasteiger partial charge in [0.05, 0.1) is 6.54 Å². The maximum Gasteiger partial charge on any atom is 0.0642 e. The number of fused-ring (bicyclic) bond motifs is 2. The van der Waals surface area contributed by atoms with Gasteiger partial charge < -0.3 is 0 Å². The minimum absolute atomic E-state index is 0.629. The van der Waals surface area contributed by atoms with Gasteiger partial charge in [0.2, 0.25) is 0 Å². The molecule has 3 nitrogen and oxygen atoms in total. The van der Waals surface area contributed by atoms with Gasteiger partial charge in [0.25, 0.3) is 0 Å². The Morgan fingerprint density at radius 2 is 1.20 bits per heavy atom. The van der Waals surface area contributed by atoms with E-state index < -0.39 is 0 Å². The quantitative estimate of drug-likeness (QED) is 0.145. The van der Waals surface area contributed by atoms with E-state index in [2.05, 4.69) is 126 Å². The molecule has 0 aromatic heterocycles. The summed E-state index contributed by atoms with van der Waals surface area (Å²) in [6.45, 7) is 8.20. The number of rotatable bonds is 8. The molecule has 40 heavy (non-hydrogen) atoms. The fraction of sp³-hybridized carbons (Fsp3) is 0.108. The largest absolute Gasteiger partial charge is 0.297 e. The summed E-state index contributed by atoms with van der Waals surface area (Å²) in [6.07, 6.45) is 7.42. The summed E-state index contributed by atoms with van der Waals surface area (Å²) in [5, 5.41) is 5.00. The molecular formula is C37H33N3. The predicted molar refractivity (Wildman–Crippen MR) is 176 cm³/mol. The molecule has 0 aliphatic heterocycles. The molecule has 0 saturated heterocycles. The Morgan fingerprint density at radius 3 is 1.68 bits per heavy atom. The molecule has 0 saturated carbocycles. The Kier molecular flexibility index (Phi) is 8.22. The van der Waals surface area contributed by atoms with E-state index in [0.29, 0.717) is 6.54 Å². The monoisotopic (exact) mass is 519 g/mol. The van der Waals surface area contributed by atoms with Gasteiger partial charge >= 0.3 is 0 Å². The lowest BCUT2D eigenvalue weighted by Gasteiger charge is -2.18. The summed E-state index contributed by atoms with van der Waals surface area (Å²) in [5.74, 6) is 0. The Labute approximate surface area is 236 Å². The third kappa shape index (κ3) is 5.60. The molecule has 0 spiro atoms. The highest BCUT2D eigenvalue weighted by molar-refractivity contribution is 6.21. The van der Waals surface area contributed by atoms with Gasteiger partial charge in [-0.15, -0.1) is 0 Å². The first-order chi connectivity index (χ1) is 19.6. The van der Waals surface area contributed by atoms with Crippen LogP contribution in [0.2, 0.25) is 0 Å². The highest BCUT2D eigenvalue weighted by atomic mass is 14.7. The lowest BCUT2D eigenvalue weighted by Crippen LogP contribution is -1.92. The molecule has 0 bridgehead atoms. The maximum atomic E-state index is 4.64. The number of aliphatic imine (C=N–C) groups is 3. The number of nitrogens with zero attached hydrogens (tertiary/aromatic N) is 3. The summed E-state index contributed by atoms with van der Waals surface area (Å²) >= 11 is 0. The average Bonchev–Trinajstić information content (AvgIpc) is 3.00. The minimum Gasteiger partial charge on any atom is -0.297 e. The molecule has 0 heterocycles. The van der Waals surface area contributed by atoms with Gasteiger partial charge in [-0.2, -0.15) is 0 Å². The Balaban J connectivity index is 1.62. The first-order valence-corrected chi connectivity index (χ1v) is 13.5. The van der Waals surface area contributed by atoms with Gasteiger partial charge in [-0.25, -0.2) is 0 Å². The van der Waals surface area contributed by atoms with Gasteiger partial charge in [-0.3, -0.25) is 15.0 Å². The zero-order valence-corrected chi connectivity index (χ0v) is 23.3. The first-order valence-electron chi connectivity index (χ1n) is 13.5. The van der Waals surface area contributed by atoms with E-state index in [1.165, 1.54) is 60.5 Å². The van der Waals surface area contributed by atoms with Crippen molar-refractivity contribution in [1.82, 2.24) is 0 Å². The van der Waals surface area contributed by atoms with Crippen LogP contribution in [0.5, 0.6) is 0 Å². The van der Waals surface area contributed by atoms with Crippen LogP contribution in [0.15, 0.2) is 130 Å². The van der Waals surface area contributed by atoms with Crippen molar-refractivity contribution in [1.29, 1.82) is 0 Å². The van der Waals surface area contributed by atoms with Crippen LogP contribution in [-0.2, 0) is 6.54 Å². The molecular weight excluding hydrogens is 486 g/mol. The summed E-state index contributed by atoms with van der Waals surface area (Å²) in [7, 11) is 1.79. The van der Waals surface area contributed by atoms with Gasteiger partial charge in [-0.1, -0.05) is 97.1 Å². The zero-order valence-electron chi connectivity index (χ0n) is 23.3. The van der Waals surface area contributed by atoms with E-state index in [4.69, 9.17) is 0 Å². The van der Waals surface area contributed by atoms with E-state index in [1.807, 2.05) is 25.3 Å². The number of benzene rings is 5. The molecule has 196 valence electrons. The Bertz CT molecular complexity index is 1730. The van der Waals surface area contributed by atoms with Crippen LogP contribution < -0.4 is 0 Å². The van der Waals surface area contributed by atoms with E-state index in [1.54, 1.807) is 13.2 Å². The van der Waals surface area contributed by atoms with E-state index in [-0.39, 0.29) is 0 Å². The molecule has 0 atom stereocenters. The summed E-state index contributed by atoms with van der Waals surface area (Å²) in [4.78, 5) is 12.5. The van der Waals surface area contributed by atoms with E-state index in [9.17, 15) is 0 Å². The fourth-order valence-electron chi connectivity index (χ4n) is 5.14. The highest BCUT2D eigenvalue weighted by Gasteiger charge is 2.16. The maximum absolute atomic E-state index is 4.64. The Hall–Kier alpha value is -4.89. The fourth-order valence-corrected chi connectivity index (χ4v) is 5.14. The van der Waals surface area contributed by atoms with Crippen LogP contribution in [0.1, 0.15) is 25.0 Å². The second-order valence-electron chi connectivity index (χ2n) is 9.83. The normalized spacial score (nSPS) is 12.7. The summed E-state index contributed by atoms with van der Waals surface area (Å²) < 4.78 is 0. The second kappa shape index (κ2) is 12.3.